The number of likely N-dealkylation sites (tertiary alicyclic amines) is 1. The van der Waals surface area contributed by atoms with Crippen molar-refractivity contribution in [3.8, 4) is 5.75 Å². The number of rotatable bonds is 7. The summed E-state index contributed by atoms with van der Waals surface area (Å²) in [6.07, 6.45) is 4.76. The second-order valence-electron chi connectivity index (χ2n) is 7.48. The highest BCUT2D eigenvalue weighted by Crippen LogP contribution is 2.48. The van der Waals surface area contributed by atoms with Gasteiger partial charge in [-0.2, -0.15) is 0 Å². The summed E-state index contributed by atoms with van der Waals surface area (Å²) in [5.74, 6) is -0.365. The van der Waals surface area contributed by atoms with E-state index in [2.05, 4.69) is 4.72 Å². The maximum atomic E-state index is 13.6. The first kappa shape index (κ1) is 20.1. The standard InChI is InChI=1S/C19H27FN2O4S/c1-3-11-22-17-5-4-9-19(17,10-8-18(22)23)13-21-27(24,25)16-12-14(20)6-7-15(16)26-2/h6-7,12,17,21H,3-5,8-11,13H2,1-2H3/t17-,19+/m1/s1. The zero-order valence-electron chi connectivity index (χ0n) is 15.8. The molecule has 8 heteroatoms. The van der Waals surface area contributed by atoms with Crippen LogP contribution in [-0.4, -0.2) is 45.5 Å². The van der Waals surface area contributed by atoms with Crippen molar-refractivity contribution in [2.45, 2.75) is 56.4 Å². The van der Waals surface area contributed by atoms with E-state index in [0.717, 1.165) is 31.7 Å². The molecule has 0 spiro atoms. The molecule has 0 bridgehead atoms. The molecule has 2 fully saturated rings. The molecular formula is C19H27FN2O4S. The minimum absolute atomic E-state index is 0.0656. The van der Waals surface area contributed by atoms with E-state index in [9.17, 15) is 17.6 Å². The van der Waals surface area contributed by atoms with Crippen LogP contribution in [0.3, 0.4) is 0 Å². The number of fused-ring (bicyclic) bond motifs is 1. The summed E-state index contributed by atoms with van der Waals surface area (Å²) < 4.78 is 47.0. The van der Waals surface area contributed by atoms with E-state index < -0.39 is 15.8 Å². The SMILES string of the molecule is CCCN1C(=O)CC[C@]2(CNS(=O)(=O)c3cc(F)ccc3OC)CCC[C@@H]12. The van der Waals surface area contributed by atoms with Crippen LogP contribution in [0, 0.1) is 11.2 Å². The number of carbonyl (C=O) groups excluding carboxylic acids is 1. The van der Waals surface area contributed by atoms with Crippen LogP contribution in [0.4, 0.5) is 4.39 Å². The number of amides is 1. The first-order chi connectivity index (χ1) is 12.8. The quantitative estimate of drug-likeness (QED) is 0.766. The van der Waals surface area contributed by atoms with E-state index in [1.165, 1.54) is 19.2 Å². The van der Waals surface area contributed by atoms with Crippen LogP contribution in [0.1, 0.15) is 45.4 Å². The molecule has 1 aliphatic carbocycles. The monoisotopic (exact) mass is 398 g/mol. The van der Waals surface area contributed by atoms with Crippen molar-refractivity contribution < 1.29 is 22.3 Å². The van der Waals surface area contributed by atoms with Gasteiger partial charge in [-0.3, -0.25) is 4.79 Å². The van der Waals surface area contributed by atoms with Crippen molar-refractivity contribution in [3.63, 3.8) is 0 Å². The average Bonchev–Trinajstić information content (AvgIpc) is 3.07. The highest BCUT2D eigenvalue weighted by atomic mass is 32.2. The topological polar surface area (TPSA) is 75.7 Å². The molecule has 1 aliphatic heterocycles. The second kappa shape index (κ2) is 7.75. The summed E-state index contributed by atoms with van der Waals surface area (Å²) in [5.41, 5.74) is -0.253. The number of halogens is 1. The number of ether oxygens (including phenoxy) is 1. The molecule has 1 aromatic carbocycles. The van der Waals surface area contributed by atoms with Crippen LogP contribution in [-0.2, 0) is 14.8 Å². The molecule has 1 amide bonds. The Morgan fingerprint density at radius 2 is 2.15 bits per heavy atom. The van der Waals surface area contributed by atoms with Gasteiger partial charge in [0.15, 0.2) is 0 Å². The third-order valence-electron chi connectivity index (χ3n) is 5.89. The summed E-state index contributed by atoms with van der Waals surface area (Å²) in [6, 6.07) is 3.51. The van der Waals surface area contributed by atoms with E-state index in [0.29, 0.717) is 19.4 Å². The van der Waals surface area contributed by atoms with Gasteiger partial charge in [0.25, 0.3) is 0 Å². The minimum atomic E-state index is -3.93. The van der Waals surface area contributed by atoms with Crippen molar-refractivity contribution in [3.05, 3.63) is 24.0 Å². The number of sulfonamides is 1. The number of nitrogens with zero attached hydrogens (tertiary/aromatic N) is 1. The lowest BCUT2D eigenvalue weighted by molar-refractivity contribution is -0.141. The van der Waals surface area contributed by atoms with Crippen LogP contribution in [0.2, 0.25) is 0 Å². The number of nitrogens with one attached hydrogen (secondary N) is 1. The summed E-state index contributed by atoms with van der Waals surface area (Å²) in [6.45, 7) is 2.99. The van der Waals surface area contributed by atoms with Crippen molar-refractivity contribution in [1.82, 2.24) is 9.62 Å². The zero-order valence-corrected chi connectivity index (χ0v) is 16.6. The molecule has 1 heterocycles. The molecule has 150 valence electrons. The molecule has 1 saturated carbocycles. The maximum Gasteiger partial charge on any atom is 0.244 e. The molecular weight excluding hydrogens is 371 g/mol. The molecule has 1 aromatic rings. The maximum absolute atomic E-state index is 13.6. The number of piperidine rings is 1. The Bertz CT molecular complexity index is 814. The van der Waals surface area contributed by atoms with Gasteiger partial charge in [-0.15, -0.1) is 0 Å². The van der Waals surface area contributed by atoms with Gasteiger partial charge < -0.3 is 9.64 Å². The van der Waals surface area contributed by atoms with Crippen molar-refractivity contribution in [2.75, 3.05) is 20.2 Å². The normalized spacial score (nSPS) is 25.5. The predicted octanol–water partition coefficient (Wildman–Crippen LogP) is 2.68. The third kappa shape index (κ3) is 3.82. The van der Waals surface area contributed by atoms with Crippen molar-refractivity contribution in [2.24, 2.45) is 5.41 Å². The molecule has 0 unspecified atom stereocenters. The number of benzene rings is 1. The minimum Gasteiger partial charge on any atom is -0.495 e. The number of methoxy groups -OCH3 is 1. The van der Waals surface area contributed by atoms with Crippen LogP contribution in [0.5, 0.6) is 5.75 Å². The third-order valence-corrected chi connectivity index (χ3v) is 7.31. The Kier molecular flexibility index (Phi) is 5.76. The van der Waals surface area contributed by atoms with E-state index in [1.54, 1.807) is 0 Å². The smallest absolute Gasteiger partial charge is 0.244 e. The predicted molar refractivity (Wildman–Crippen MR) is 99.5 cm³/mol. The Morgan fingerprint density at radius 1 is 1.37 bits per heavy atom. The van der Waals surface area contributed by atoms with Crippen LogP contribution in [0.15, 0.2) is 23.1 Å². The largest absolute Gasteiger partial charge is 0.495 e. The number of carbonyl (C=O) groups is 1. The van der Waals surface area contributed by atoms with E-state index in [1.807, 2.05) is 11.8 Å². The fraction of sp³-hybridized carbons (Fsp3) is 0.632. The summed E-state index contributed by atoms with van der Waals surface area (Å²) in [7, 11) is -2.58. The van der Waals surface area contributed by atoms with Crippen LogP contribution in [0.25, 0.3) is 0 Å². The van der Waals surface area contributed by atoms with Gasteiger partial charge >= 0.3 is 0 Å². The summed E-state index contributed by atoms with van der Waals surface area (Å²) in [5, 5.41) is 0. The van der Waals surface area contributed by atoms with E-state index >= 15 is 0 Å². The molecule has 0 aromatic heterocycles. The average molecular weight is 399 g/mol. The van der Waals surface area contributed by atoms with Gasteiger partial charge in [-0.05, 0) is 43.9 Å². The molecule has 2 atom stereocenters. The Morgan fingerprint density at radius 3 is 2.85 bits per heavy atom. The zero-order chi connectivity index (χ0) is 19.7. The lowest BCUT2D eigenvalue weighted by Crippen LogP contribution is -2.56. The summed E-state index contributed by atoms with van der Waals surface area (Å²) >= 11 is 0. The van der Waals surface area contributed by atoms with Gasteiger partial charge in [0.1, 0.15) is 16.5 Å². The Hall–Kier alpha value is -1.67. The molecule has 0 radical (unpaired) electrons. The summed E-state index contributed by atoms with van der Waals surface area (Å²) in [4.78, 5) is 14.1. The van der Waals surface area contributed by atoms with Crippen LogP contribution < -0.4 is 9.46 Å². The van der Waals surface area contributed by atoms with Crippen molar-refractivity contribution >= 4 is 15.9 Å². The van der Waals surface area contributed by atoms with Gasteiger partial charge in [0, 0.05) is 31.0 Å². The lowest BCUT2D eigenvalue weighted by Gasteiger charge is -2.46. The van der Waals surface area contributed by atoms with Gasteiger partial charge in [0.2, 0.25) is 15.9 Å². The lowest BCUT2D eigenvalue weighted by atomic mass is 9.74. The Labute approximate surface area is 160 Å². The number of hydrogen-bond acceptors (Lipinski definition) is 4. The highest BCUT2D eigenvalue weighted by Gasteiger charge is 2.50. The fourth-order valence-electron chi connectivity index (χ4n) is 4.56. The molecule has 27 heavy (non-hydrogen) atoms. The second-order valence-corrected chi connectivity index (χ2v) is 9.21. The van der Waals surface area contributed by atoms with Crippen molar-refractivity contribution in [1.29, 1.82) is 0 Å². The molecule has 1 N–H and O–H groups in total. The molecule has 3 rings (SSSR count). The van der Waals surface area contributed by atoms with Gasteiger partial charge in [-0.25, -0.2) is 17.5 Å². The molecule has 2 aliphatic rings. The Balaban J connectivity index is 1.82. The van der Waals surface area contributed by atoms with E-state index in [4.69, 9.17) is 4.74 Å². The fourth-order valence-corrected chi connectivity index (χ4v) is 5.88. The van der Waals surface area contributed by atoms with Crippen LogP contribution >= 0.6 is 0 Å². The first-order valence-corrected chi connectivity index (χ1v) is 10.9. The van der Waals surface area contributed by atoms with E-state index in [-0.39, 0.29) is 34.6 Å². The molecule has 6 nitrogen and oxygen atoms in total. The highest BCUT2D eigenvalue weighted by molar-refractivity contribution is 7.89. The van der Waals surface area contributed by atoms with Gasteiger partial charge in [-0.1, -0.05) is 13.3 Å². The molecule has 1 saturated heterocycles. The first-order valence-electron chi connectivity index (χ1n) is 9.45. The number of hydrogen-bond donors (Lipinski definition) is 1. The van der Waals surface area contributed by atoms with Gasteiger partial charge in [0.05, 0.1) is 7.11 Å².